The molecule has 3 rings (SSSR count). The molecule has 2 aromatic heterocycles. The van der Waals surface area contributed by atoms with Crippen LogP contribution in [0.2, 0.25) is 0 Å². The Kier molecular flexibility index (Phi) is 3.74. The van der Waals surface area contributed by atoms with E-state index in [1.165, 1.54) is 0 Å². The van der Waals surface area contributed by atoms with E-state index < -0.39 is 0 Å². The fraction of sp³-hybridized carbons (Fsp3) is 0.188. The molecule has 6 nitrogen and oxygen atoms in total. The van der Waals surface area contributed by atoms with Crippen LogP contribution in [0.25, 0.3) is 5.69 Å². The molecule has 0 fully saturated rings. The van der Waals surface area contributed by atoms with Gasteiger partial charge in [0.1, 0.15) is 0 Å². The van der Waals surface area contributed by atoms with Crippen molar-refractivity contribution in [2.24, 2.45) is 0 Å². The number of rotatable bonds is 4. The molecule has 3 aromatic rings. The van der Waals surface area contributed by atoms with Gasteiger partial charge >= 0.3 is 0 Å². The molecule has 1 aromatic carbocycles. The van der Waals surface area contributed by atoms with Crippen LogP contribution in [0.4, 0.5) is 0 Å². The van der Waals surface area contributed by atoms with Crippen molar-refractivity contribution in [3.05, 3.63) is 65.5 Å². The Labute approximate surface area is 128 Å². The van der Waals surface area contributed by atoms with Gasteiger partial charge in [0.25, 0.3) is 5.91 Å². The number of H-pyrrole nitrogens is 1. The Morgan fingerprint density at radius 1 is 1.27 bits per heavy atom. The molecule has 2 heterocycles. The third-order valence-corrected chi connectivity index (χ3v) is 3.64. The number of carbonyl (C=O) groups is 1. The molecule has 0 aliphatic carbocycles. The molecule has 0 unspecified atom stereocenters. The van der Waals surface area contributed by atoms with E-state index in [1.54, 1.807) is 24.7 Å². The largest absolute Gasteiger partial charge is 0.348 e. The maximum absolute atomic E-state index is 12.2. The van der Waals surface area contributed by atoms with Crippen molar-refractivity contribution < 1.29 is 4.79 Å². The van der Waals surface area contributed by atoms with Crippen molar-refractivity contribution in [2.75, 3.05) is 0 Å². The predicted octanol–water partition coefficient (Wildman–Crippen LogP) is 2.14. The molecule has 0 saturated heterocycles. The van der Waals surface area contributed by atoms with E-state index >= 15 is 0 Å². The summed E-state index contributed by atoms with van der Waals surface area (Å²) < 4.78 is 1.89. The van der Waals surface area contributed by atoms with Crippen molar-refractivity contribution >= 4 is 5.91 Å². The van der Waals surface area contributed by atoms with Crippen molar-refractivity contribution in [3.8, 4) is 5.69 Å². The molecule has 112 valence electrons. The van der Waals surface area contributed by atoms with Crippen LogP contribution in [0, 0.1) is 13.8 Å². The first-order chi connectivity index (χ1) is 10.6. The van der Waals surface area contributed by atoms with Crippen LogP contribution in [0.15, 0.2) is 43.0 Å². The summed E-state index contributed by atoms with van der Waals surface area (Å²) in [5.41, 5.74) is 4.52. The first kappa shape index (κ1) is 14.1. The fourth-order valence-electron chi connectivity index (χ4n) is 2.30. The minimum absolute atomic E-state index is 0.0998. The zero-order valence-electron chi connectivity index (χ0n) is 12.5. The van der Waals surface area contributed by atoms with Crippen LogP contribution in [0.5, 0.6) is 0 Å². The molecule has 0 saturated carbocycles. The van der Waals surface area contributed by atoms with Crippen LogP contribution >= 0.6 is 0 Å². The SMILES string of the molecule is Cc1n[nH]c(C)c1CNC(=O)c1ccc(-n2ccnc2)cc1. The molecule has 0 aliphatic rings. The van der Waals surface area contributed by atoms with Gasteiger partial charge in [0, 0.05) is 41.4 Å². The summed E-state index contributed by atoms with van der Waals surface area (Å²) in [5, 5.41) is 9.95. The number of aryl methyl sites for hydroxylation is 2. The first-order valence-corrected chi connectivity index (χ1v) is 7.02. The highest BCUT2D eigenvalue weighted by molar-refractivity contribution is 5.94. The van der Waals surface area contributed by atoms with Crippen molar-refractivity contribution in [1.29, 1.82) is 0 Å². The molecule has 0 atom stereocenters. The van der Waals surface area contributed by atoms with Gasteiger partial charge in [0.15, 0.2) is 0 Å². The topological polar surface area (TPSA) is 75.6 Å². The molecule has 1 amide bonds. The van der Waals surface area contributed by atoms with Gasteiger partial charge < -0.3 is 9.88 Å². The Morgan fingerprint density at radius 3 is 2.64 bits per heavy atom. The second-order valence-corrected chi connectivity index (χ2v) is 5.11. The van der Waals surface area contributed by atoms with Crippen LogP contribution in [-0.4, -0.2) is 25.7 Å². The standard InChI is InChI=1S/C16H17N5O/c1-11-15(12(2)20-19-11)9-18-16(22)13-3-5-14(6-4-13)21-8-7-17-10-21/h3-8,10H,9H2,1-2H3,(H,18,22)(H,19,20). The van der Waals surface area contributed by atoms with Gasteiger partial charge in [-0.2, -0.15) is 5.10 Å². The quantitative estimate of drug-likeness (QED) is 0.774. The van der Waals surface area contributed by atoms with Gasteiger partial charge in [-0.05, 0) is 38.1 Å². The van der Waals surface area contributed by atoms with E-state index in [9.17, 15) is 4.79 Å². The summed E-state index contributed by atoms with van der Waals surface area (Å²) in [6.07, 6.45) is 5.30. The number of nitrogens with one attached hydrogen (secondary N) is 2. The molecule has 2 N–H and O–H groups in total. The van der Waals surface area contributed by atoms with Gasteiger partial charge in [0.05, 0.1) is 12.0 Å². The first-order valence-electron chi connectivity index (χ1n) is 7.02. The minimum atomic E-state index is -0.0998. The summed E-state index contributed by atoms with van der Waals surface area (Å²) in [7, 11) is 0. The van der Waals surface area contributed by atoms with E-state index in [4.69, 9.17) is 0 Å². The van der Waals surface area contributed by atoms with E-state index in [0.29, 0.717) is 12.1 Å². The molecule has 0 radical (unpaired) electrons. The minimum Gasteiger partial charge on any atom is -0.348 e. The maximum atomic E-state index is 12.2. The number of hydrogen-bond donors (Lipinski definition) is 2. The number of carbonyl (C=O) groups excluding carboxylic acids is 1. The number of imidazole rings is 1. The van der Waals surface area contributed by atoms with Gasteiger partial charge in [-0.3, -0.25) is 9.89 Å². The average Bonchev–Trinajstić information content (AvgIpc) is 3.17. The lowest BCUT2D eigenvalue weighted by atomic mass is 10.1. The number of benzene rings is 1. The maximum Gasteiger partial charge on any atom is 0.251 e. The summed E-state index contributed by atoms with van der Waals surface area (Å²) in [5.74, 6) is -0.0998. The van der Waals surface area contributed by atoms with Crippen LogP contribution in [-0.2, 0) is 6.54 Å². The van der Waals surface area contributed by atoms with Crippen LogP contribution in [0.3, 0.4) is 0 Å². The number of aromatic nitrogens is 4. The lowest BCUT2D eigenvalue weighted by Crippen LogP contribution is -2.23. The Balaban J connectivity index is 1.68. The van der Waals surface area contributed by atoms with E-state index in [0.717, 1.165) is 22.6 Å². The van der Waals surface area contributed by atoms with E-state index in [-0.39, 0.29) is 5.91 Å². The smallest absolute Gasteiger partial charge is 0.251 e. The van der Waals surface area contributed by atoms with E-state index in [1.807, 2.05) is 36.7 Å². The lowest BCUT2D eigenvalue weighted by Gasteiger charge is -2.07. The van der Waals surface area contributed by atoms with Crippen LogP contribution in [0.1, 0.15) is 27.3 Å². The molecule has 0 spiro atoms. The lowest BCUT2D eigenvalue weighted by molar-refractivity contribution is 0.0951. The molecule has 0 bridgehead atoms. The summed E-state index contributed by atoms with van der Waals surface area (Å²) in [6.45, 7) is 4.34. The highest BCUT2D eigenvalue weighted by Crippen LogP contribution is 2.11. The summed E-state index contributed by atoms with van der Waals surface area (Å²) in [6, 6.07) is 7.40. The van der Waals surface area contributed by atoms with Crippen molar-refractivity contribution in [3.63, 3.8) is 0 Å². The Bertz CT molecular complexity index is 752. The third kappa shape index (κ3) is 2.76. The summed E-state index contributed by atoms with van der Waals surface area (Å²) >= 11 is 0. The zero-order valence-corrected chi connectivity index (χ0v) is 12.5. The molecular formula is C16H17N5O. The Hall–Kier alpha value is -2.89. The van der Waals surface area contributed by atoms with Crippen LogP contribution < -0.4 is 5.32 Å². The second-order valence-electron chi connectivity index (χ2n) is 5.11. The molecule has 0 aliphatic heterocycles. The van der Waals surface area contributed by atoms with Gasteiger partial charge in [-0.25, -0.2) is 4.98 Å². The number of aromatic amines is 1. The fourth-order valence-corrected chi connectivity index (χ4v) is 2.30. The molecular weight excluding hydrogens is 278 g/mol. The normalized spacial score (nSPS) is 10.6. The zero-order chi connectivity index (χ0) is 15.5. The van der Waals surface area contributed by atoms with Crippen molar-refractivity contribution in [1.82, 2.24) is 25.1 Å². The summed E-state index contributed by atoms with van der Waals surface area (Å²) in [4.78, 5) is 16.2. The second kappa shape index (κ2) is 5.85. The van der Waals surface area contributed by atoms with Gasteiger partial charge in [-0.15, -0.1) is 0 Å². The highest BCUT2D eigenvalue weighted by atomic mass is 16.1. The van der Waals surface area contributed by atoms with Gasteiger partial charge in [0.2, 0.25) is 0 Å². The molecule has 22 heavy (non-hydrogen) atoms. The molecule has 6 heteroatoms. The van der Waals surface area contributed by atoms with Gasteiger partial charge in [-0.1, -0.05) is 0 Å². The number of nitrogens with zero attached hydrogens (tertiary/aromatic N) is 3. The van der Waals surface area contributed by atoms with Crippen molar-refractivity contribution in [2.45, 2.75) is 20.4 Å². The van der Waals surface area contributed by atoms with E-state index in [2.05, 4.69) is 20.5 Å². The third-order valence-electron chi connectivity index (χ3n) is 3.64. The number of amides is 1. The predicted molar refractivity (Wildman–Crippen MR) is 82.8 cm³/mol. The number of hydrogen-bond acceptors (Lipinski definition) is 3. The Morgan fingerprint density at radius 2 is 2.05 bits per heavy atom. The highest BCUT2D eigenvalue weighted by Gasteiger charge is 2.10. The monoisotopic (exact) mass is 295 g/mol. The average molecular weight is 295 g/mol.